The number of benzene rings is 1. The van der Waals surface area contributed by atoms with Crippen molar-refractivity contribution >= 4 is 41.0 Å². The molecule has 0 bridgehead atoms. The summed E-state index contributed by atoms with van der Waals surface area (Å²) in [6.07, 6.45) is 8.20. The minimum atomic E-state index is -0.0710. The molecule has 0 radical (unpaired) electrons. The molecule has 2 aromatic heterocycles. The van der Waals surface area contributed by atoms with Crippen LogP contribution in [-0.4, -0.2) is 89.0 Å². The Morgan fingerprint density at radius 2 is 1.67 bits per heavy atom. The van der Waals surface area contributed by atoms with Gasteiger partial charge in [0.1, 0.15) is 0 Å². The van der Waals surface area contributed by atoms with Crippen LogP contribution in [-0.2, 0) is 20.9 Å². The van der Waals surface area contributed by atoms with E-state index in [9.17, 15) is 9.59 Å². The summed E-state index contributed by atoms with van der Waals surface area (Å²) in [5, 5.41) is 3.99. The average molecular weight is 669 g/mol. The van der Waals surface area contributed by atoms with Gasteiger partial charge in [0.05, 0.1) is 31.0 Å². The van der Waals surface area contributed by atoms with E-state index in [1.165, 1.54) is 12.3 Å². The second-order valence-corrected chi connectivity index (χ2v) is 12.3. The highest BCUT2D eigenvalue weighted by Gasteiger charge is 2.22. The molecule has 0 saturated carbocycles. The Kier molecular flexibility index (Phi) is 11.7. The zero-order valence-corrected chi connectivity index (χ0v) is 27.6. The van der Waals surface area contributed by atoms with E-state index in [1.54, 1.807) is 30.3 Å². The number of carbonyl (C=O) groups excluding carboxylic acids is 2. The normalized spacial score (nSPS) is 16.1. The number of piperazine rings is 1. The van der Waals surface area contributed by atoms with E-state index in [2.05, 4.69) is 20.2 Å². The highest BCUT2D eigenvalue weighted by Crippen LogP contribution is 2.31. The van der Waals surface area contributed by atoms with E-state index in [0.717, 1.165) is 50.1 Å². The van der Waals surface area contributed by atoms with Gasteiger partial charge in [-0.25, -0.2) is 15.0 Å². The second-order valence-electron chi connectivity index (χ2n) is 11.4. The maximum Gasteiger partial charge on any atom is 0.249 e. The molecule has 2 aliphatic rings. The Hall–Kier alpha value is -3.93. The first kappa shape index (κ1) is 33.4. The van der Waals surface area contributed by atoms with E-state index in [0.29, 0.717) is 72.0 Å². The first-order valence-corrected chi connectivity index (χ1v) is 16.3. The van der Waals surface area contributed by atoms with Gasteiger partial charge in [-0.15, -0.1) is 0 Å². The molecule has 2 amide bonds. The Labute approximate surface area is 279 Å². The molecular weight excluding hydrogens is 629 g/mol. The molecule has 1 aromatic carbocycles. The number of hydrogen-bond acceptors (Lipinski definition) is 9. The summed E-state index contributed by atoms with van der Waals surface area (Å²) in [5.41, 5.74) is 2.52. The van der Waals surface area contributed by atoms with E-state index < -0.39 is 0 Å². The van der Waals surface area contributed by atoms with Crippen molar-refractivity contribution in [1.29, 1.82) is 0 Å². The third-order valence-corrected chi connectivity index (χ3v) is 8.39. The fourth-order valence-electron chi connectivity index (χ4n) is 5.53. The summed E-state index contributed by atoms with van der Waals surface area (Å²) < 4.78 is 11.3. The standard InChI is InChI=1S/C33H39Cl2N7O4/c1-3-45-13-6-32(44)41-9-11-42(12-10-41)33-37-20-29(21-38-33)46-31-15-25(14-30(39-31)26-16-27(34)18-28(35)17-26)22-40-7-4-24(5-8-40)19-36-23(2)43/h6,13-18,20-21,24H,3-5,7-12,19,22H2,1-2H3,(H,36,43). The predicted octanol–water partition coefficient (Wildman–Crippen LogP) is 5.18. The van der Waals surface area contributed by atoms with Gasteiger partial charge in [0.15, 0.2) is 5.75 Å². The summed E-state index contributed by atoms with van der Waals surface area (Å²) in [5.74, 6) is 1.86. The summed E-state index contributed by atoms with van der Waals surface area (Å²) in [6.45, 7) is 9.63. The molecule has 11 nitrogen and oxygen atoms in total. The van der Waals surface area contributed by atoms with Crippen LogP contribution in [0.1, 0.15) is 32.3 Å². The van der Waals surface area contributed by atoms with Gasteiger partial charge in [0.25, 0.3) is 0 Å². The molecule has 0 unspecified atom stereocenters. The van der Waals surface area contributed by atoms with Crippen LogP contribution in [0.4, 0.5) is 5.95 Å². The van der Waals surface area contributed by atoms with Crippen LogP contribution in [0.25, 0.3) is 11.3 Å². The van der Waals surface area contributed by atoms with E-state index in [-0.39, 0.29) is 11.8 Å². The van der Waals surface area contributed by atoms with Crippen molar-refractivity contribution < 1.29 is 19.1 Å². The van der Waals surface area contributed by atoms with E-state index in [1.807, 2.05) is 36.1 Å². The van der Waals surface area contributed by atoms with Crippen molar-refractivity contribution in [2.45, 2.75) is 33.2 Å². The number of piperidine rings is 1. The first-order valence-electron chi connectivity index (χ1n) is 15.5. The number of halogens is 2. The molecule has 0 aliphatic carbocycles. The molecule has 2 aliphatic heterocycles. The van der Waals surface area contributed by atoms with Crippen molar-refractivity contribution in [3.05, 3.63) is 70.7 Å². The lowest BCUT2D eigenvalue weighted by atomic mass is 9.96. The number of ether oxygens (including phenoxy) is 2. The molecule has 5 rings (SSSR count). The number of aromatic nitrogens is 3. The lowest BCUT2D eigenvalue weighted by Gasteiger charge is -2.34. The fourth-order valence-corrected chi connectivity index (χ4v) is 6.05. The van der Waals surface area contributed by atoms with Gasteiger partial charge in [0, 0.05) is 73.9 Å². The molecule has 46 heavy (non-hydrogen) atoms. The van der Waals surface area contributed by atoms with Gasteiger partial charge in [-0.1, -0.05) is 23.2 Å². The topological polar surface area (TPSA) is 113 Å². The van der Waals surface area contributed by atoms with Crippen molar-refractivity contribution in [3.63, 3.8) is 0 Å². The third-order valence-electron chi connectivity index (χ3n) is 7.96. The van der Waals surface area contributed by atoms with Gasteiger partial charge < -0.3 is 24.6 Å². The molecule has 244 valence electrons. The van der Waals surface area contributed by atoms with Crippen LogP contribution in [0.3, 0.4) is 0 Å². The number of pyridine rings is 1. The van der Waals surface area contributed by atoms with Crippen molar-refractivity contribution in [2.24, 2.45) is 5.92 Å². The number of rotatable bonds is 11. The Morgan fingerprint density at radius 1 is 0.978 bits per heavy atom. The Morgan fingerprint density at radius 3 is 2.33 bits per heavy atom. The van der Waals surface area contributed by atoms with Crippen LogP contribution in [0.2, 0.25) is 10.0 Å². The van der Waals surface area contributed by atoms with Crippen LogP contribution in [0.5, 0.6) is 11.6 Å². The molecule has 4 heterocycles. The lowest BCUT2D eigenvalue weighted by Crippen LogP contribution is -2.48. The minimum Gasteiger partial charge on any atom is -0.501 e. The number of hydrogen-bond donors (Lipinski definition) is 1. The quantitative estimate of drug-likeness (QED) is 0.218. The van der Waals surface area contributed by atoms with Crippen LogP contribution in [0, 0.1) is 5.92 Å². The summed E-state index contributed by atoms with van der Waals surface area (Å²) >= 11 is 12.7. The number of amides is 2. The van der Waals surface area contributed by atoms with E-state index >= 15 is 0 Å². The van der Waals surface area contributed by atoms with Gasteiger partial charge in [0.2, 0.25) is 23.6 Å². The molecule has 2 fully saturated rings. The number of likely N-dealkylation sites (tertiary alicyclic amines) is 1. The zero-order chi connectivity index (χ0) is 32.5. The third kappa shape index (κ3) is 9.54. The van der Waals surface area contributed by atoms with Gasteiger partial charge in [-0.05, 0) is 68.6 Å². The molecule has 13 heteroatoms. The lowest BCUT2D eigenvalue weighted by molar-refractivity contribution is -0.126. The number of nitrogens with zero attached hydrogens (tertiary/aromatic N) is 6. The van der Waals surface area contributed by atoms with Crippen molar-refractivity contribution in [3.8, 4) is 22.9 Å². The maximum absolute atomic E-state index is 12.3. The van der Waals surface area contributed by atoms with Gasteiger partial charge >= 0.3 is 0 Å². The zero-order valence-electron chi connectivity index (χ0n) is 26.1. The highest BCUT2D eigenvalue weighted by molar-refractivity contribution is 6.35. The summed E-state index contributed by atoms with van der Waals surface area (Å²) in [7, 11) is 0. The highest BCUT2D eigenvalue weighted by atomic mass is 35.5. The van der Waals surface area contributed by atoms with Crippen LogP contribution < -0.4 is 15.0 Å². The van der Waals surface area contributed by atoms with Gasteiger partial charge in [-0.3, -0.25) is 14.5 Å². The Bertz CT molecular complexity index is 1500. The molecule has 1 N–H and O–H groups in total. The molecule has 0 atom stereocenters. The van der Waals surface area contributed by atoms with Crippen molar-refractivity contribution in [2.75, 3.05) is 57.3 Å². The minimum absolute atomic E-state index is 0.0126. The first-order chi connectivity index (χ1) is 22.2. The summed E-state index contributed by atoms with van der Waals surface area (Å²) in [6, 6.07) is 9.32. The Balaban J connectivity index is 1.26. The predicted molar refractivity (Wildman–Crippen MR) is 178 cm³/mol. The SMILES string of the molecule is CCOC=CC(=O)N1CCN(c2ncc(Oc3cc(CN4CCC(CNC(C)=O)CC4)cc(-c4cc(Cl)cc(Cl)c4)n3)cn2)CC1. The smallest absolute Gasteiger partial charge is 0.249 e. The fraction of sp³-hybridized carbons (Fsp3) is 0.424. The molecule has 0 spiro atoms. The second kappa shape index (κ2) is 16.1. The maximum atomic E-state index is 12.3. The number of anilines is 1. The summed E-state index contributed by atoms with van der Waals surface area (Å²) in [4.78, 5) is 43.7. The molecule has 3 aromatic rings. The van der Waals surface area contributed by atoms with Gasteiger partial charge in [-0.2, -0.15) is 0 Å². The monoisotopic (exact) mass is 667 g/mol. The van der Waals surface area contributed by atoms with Crippen LogP contribution >= 0.6 is 23.2 Å². The van der Waals surface area contributed by atoms with Crippen molar-refractivity contribution in [1.82, 2.24) is 30.1 Å². The van der Waals surface area contributed by atoms with E-state index in [4.69, 9.17) is 37.7 Å². The van der Waals surface area contributed by atoms with Crippen LogP contribution in [0.15, 0.2) is 55.1 Å². The number of carbonyl (C=O) groups is 2. The largest absolute Gasteiger partial charge is 0.501 e. The molecule has 2 saturated heterocycles. The number of nitrogens with one attached hydrogen (secondary N) is 1. The average Bonchev–Trinajstić information content (AvgIpc) is 3.04. The molecular formula is C33H39Cl2N7O4.